The molecular formula is C19H31N3O3S. The van der Waals surface area contributed by atoms with Crippen molar-refractivity contribution in [3.05, 3.63) is 34.4 Å². The van der Waals surface area contributed by atoms with Crippen LogP contribution >= 0.6 is 0 Å². The van der Waals surface area contributed by atoms with Crippen molar-refractivity contribution in [2.75, 3.05) is 27.2 Å². The fourth-order valence-electron chi connectivity index (χ4n) is 3.44. The van der Waals surface area contributed by atoms with E-state index in [9.17, 15) is 13.2 Å². The number of carbonyl (C=O) groups excluding carboxylic acids is 1. The van der Waals surface area contributed by atoms with Crippen molar-refractivity contribution in [2.45, 2.75) is 46.6 Å². The van der Waals surface area contributed by atoms with Gasteiger partial charge < -0.3 is 5.32 Å². The molecular weight excluding hydrogens is 350 g/mol. The third-order valence-corrected chi connectivity index (χ3v) is 7.26. The van der Waals surface area contributed by atoms with Crippen LogP contribution in [0.25, 0.3) is 0 Å². The number of hydrogen-bond donors (Lipinski definition) is 1. The first kappa shape index (κ1) is 20.9. The van der Waals surface area contributed by atoms with Crippen LogP contribution in [-0.2, 0) is 15.0 Å². The summed E-state index contributed by atoms with van der Waals surface area (Å²) in [6.45, 7) is 9.00. The average Bonchev–Trinajstić information content (AvgIpc) is 2.57. The van der Waals surface area contributed by atoms with E-state index < -0.39 is 10.2 Å². The molecule has 1 aromatic carbocycles. The standard InChI is InChI=1S/C19H31N3O3S/c1-13-11-15(3)18(12-14(13)2)16(4)20-19(23)17-7-9-22(10-8-17)26(24,25)21(5)6/h11-12,16-17H,7-10H2,1-6H3,(H,20,23)/t16-/m1/s1. The third-order valence-electron chi connectivity index (χ3n) is 5.32. The number of rotatable bonds is 5. The van der Waals surface area contributed by atoms with E-state index in [4.69, 9.17) is 0 Å². The summed E-state index contributed by atoms with van der Waals surface area (Å²) in [6.07, 6.45) is 1.11. The zero-order valence-electron chi connectivity index (χ0n) is 16.7. The van der Waals surface area contributed by atoms with Crippen LogP contribution in [0.1, 0.15) is 48.1 Å². The minimum absolute atomic E-state index is 0.0111. The molecule has 6 nitrogen and oxygen atoms in total. The number of nitrogens with one attached hydrogen (secondary N) is 1. The van der Waals surface area contributed by atoms with E-state index in [0.717, 1.165) is 5.56 Å². The number of amides is 1. The molecule has 0 radical (unpaired) electrons. The Morgan fingerprint density at radius 3 is 2.19 bits per heavy atom. The second-order valence-electron chi connectivity index (χ2n) is 7.49. The van der Waals surface area contributed by atoms with Crippen molar-refractivity contribution in [2.24, 2.45) is 5.92 Å². The Morgan fingerprint density at radius 1 is 1.12 bits per heavy atom. The van der Waals surface area contributed by atoms with Crippen LogP contribution < -0.4 is 5.32 Å². The molecule has 0 bridgehead atoms. The third kappa shape index (κ3) is 4.45. The second kappa shape index (κ2) is 8.06. The molecule has 1 heterocycles. The molecule has 7 heteroatoms. The van der Waals surface area contributed by atoms with Gasteiger partial charge in [-0.05, 0) is 62.8 Å². The number of piperidine rings is 1. The SMILES string of the molecule is Cc1cc(C)c([C@@H](C)NC(=O)C2CCN(S(=O)(=O)N(C)C)CC2)cc1C. The highest BCUT2D eigenvalue weighted by atomic mass is 32.2. The monoisotopic (exact) mass is 381 g/mol. The van der Waals surface area contributed by atoms with Gasteiger partial charge in [0.15, 0.2) is 0 Å². The molecule has 2 rings (SSSR count). The van der Waals surface area contributed by atoms with E-state index in [2.05, 4.69) is 38.2 Å². The van der Waals surface area contributed by atoms with Gasteiger partial charge in [0.1, 0.15) is 0 Å². The number of aryl methyl sites for hydroxylation is 3. The van der Waals surface area contributed by atoms with E-state index in [1.165, 1.54) is 39.4 Å². The summed E-state index contributed by atoms with van der Waals surface area (Å²) in [6, 6.07) is 4.23. The second-order valence-corrected chi connectivity index (χ2v) is 9.63. The van der Waals surface area contributed by atoms with Gasteiger partial charge in [0.2, 0.25) is 5.91 Å². The van der Waals surface area contributed by atoms with Crippen LogP contribution in [0.3, 0.4) is 0 Å². The quantitative estimate of drug-likeness (QED) is 0.851. The maximum atomic E-state index is 12.6. The highest BCUT2D eigenvalue weighted by molar-refractivity contribution is 7.86. The van der Waals surface area contributed by atoms with Gasteiger partial charge in [0, 0.05) is 33.1 Å². The smallest absolute Gasteiger partial charge is 0.281 e. The van der Waals surface area contributed by atoms with Crippen molar-refractivity contribution in [1.82, 2.24) is 13.9 Å². The predicted octanol–water partition coefficient (Wildman–Crippen LogP) is 2.31. The van der Waals surface area contributed by atoms with Crippen molar-refractivity contribution in [3.63, 3.8) is 0 Å². The Morgan fingerprint density at radius 2 is 1.65 bits per heavy atom. The Hall–Kier alpha value is -1.44. The first-order valence-corrected chi connectivity index (χ1v) is 10.5. The molecule has 0 aliphatic carbocycles. The summed E-state index contributed by atoms with van der Waals surface area (Å²) in [7, 11) is -0.336. The maximum Gasteiger partial charge on any atom is 0.281 e. The average molecular weight is 382 g/mol. The highest BCUT2D eigenvalue weighted by Gasteiger charge is 2.32. The van der Waals surface area contributed by atoms with E-state index >= 15 is 0 Å². The molecule has 1 aliphatic rings. The largest absolute Gasteiger partial charge is 0.349 e. The lowest BCUT2D eigenvalue weighted by atomic mass is 9.94. The van der Waals surface area contributed by atoms with Crippen molar-refractivity contribution in [3.8, 4) is 0 Å². The molecule has 1 aliphatic heterocycles. The molecule has 1 N–H and O–H groups in total. The van der Waals surface area contributed by atoms with Crippen LogP contribution in [0.4, 0.5) is 0 Å². The minimum atomic E-state index is -3.39. The van der Waals surface area contributed by atoms with Gasteiger partial charge >= 0.3 is 0 Å². The summed E-state index contributed by atoms with van der Waals surface area (Å²) in [5.41, 5.74) is 4.77. The summed E-state index contributed by atoms with van der Waals surface area (Å²) in [4.78, 5) is 12.6. The van der Waals surface area contributed by atoms with Crippen LogP contribution in [0.2, 0.25) is 0 Å². The van der Waals surface area contributed by atoms with Gasteiger partial charge in [-0.2, -0.15) is 17.0 Å². The Balaban J connectivity index is 1.98. The van der Waals surface area contributed by atoms with Crippen molar-refractivity contribution in [1.29, 1.82) is 0 Å². The van der Waals surface area contributed by atoms with Gasteiger partial charge in [-0.15, -0.1) is 0 Å². The van der Waals surface area contributed by atoms with Crippen molar-refractivity contribution < 1.29 is 13.2 Å². The number of carbonyl (C=O) groups is 1. The molecule has 1 aromatic rings. The Labute approximate surface area is 157 Å². The number of nitrogens with zero attached hydrogens (tertiary/aromatic N) is 2. The van der Waals surface area contributed by atoms with Gasteiger partial charge in [-0.3, -0.25) is 4.79 Å². The maximum absolute atomic E-state index is 12.6. The van der Waals surface area contributed by atoms with E-state index in [-0.39, 0.29) is 17.9 Å². The first-order chi connectivity index (χ1) is 12.0. The predicted molar refractivity (Wildman–Crippen MR) is 104 cm³/mol. The molecule has 1 atom stereocenters. The number of hydrogen-bond acceptors (Lipinski definition) is 3. The Bertz CT molecular complexity index is 766. The molecule has 0 unspecified atom stereocenters. The summed E-state index contributed by atoms with van der Waals surface area (Å²) >= 11 is 0. The molecule has 0 spiro atoms. The fourth-order valence-corrected chi connectivity index (χ4v) is 4.57. The summed E-state index contributed by atoms with van der Waals surface area (Å²) in [5.74, 6) is -0.130. The topological polar surface area (TPSA) is 69.7 Å². The van der Waals surface area contributed by atoms with Gasteiger partial charge in [0.05, 0.1) is 6.04 Å². The van der Waals surface area contributed by atoms with Crippen LogP contribution in [0.5, 0.6) is 0 Å². The first-order valence-electron chi connectivity index (χ1n) is 9.09. The lowest BCUT2D eigenvalue weighted by molar-refractivity contribution is -0.126. The van der Waals surface area contributed by atoms with E-state index in [1.807, 2.05) is 6.92 Å². The highest BCUT2D eigenvalue weighted by Crippen LogP contribution is 2.24. The normalized spacial score (nSPS) is 18.1. The Kier molecular flexibility index (Phi) is 6.47. The molecule has 1 amide bonds. The molecule has 1 saturated heterocycles. The van der Waals surface area contributed by atoms with Crippen LogP contribution in [0, 0.1) is 26.7 Å². The zero-order valence-corrected chi connectivity index (χ0v) is 17.5. The van der Waals surface area contributed by atoms with Gasteiger partial charge in [-0.25, -0.2) is 0 Å². The minimum Gasteiger partial charge on any atom is -0.349 e. The summed E-state index contributed by atoms with van der Waals surface area (Å²) in [5, 5.41) is 3.11. The van der Waals surface area contributed by atoms with Crippen molar-refractivity contribution >= 4 is 16.1 Å². The molecule has 0 aromatic heterocycles. The van der Waals surface area contributed by atoms with Crippen LogP contribution in [-0.4, -0.2) is 50.1 Å². The lowest BCUT2D eigenvalue weighted by Crippen LogP contribution is -2.47. The van der Waals surface area contributed by atoms with Crippen LogP contribution in [0.15, 0.2) is 12.1 Å². The number of benzene rings is 1. The molecule has 26 heavy (non-hydrogen) atoms. The van der Waals surface area contributed by atoms with E-state index in [1.54, 1.807) is 0 Å². The summed E-state index contributed by atoms with van der Waals surface area (Å²) < 4.78 is 27.0. The lowest BCUT2D eigenvalue weighted by Gasteiger charge is -2.32. The van der Waals surface area contributed by atoms with E-state index in [0.29, 0.717) is 25.9 Å². The van der Waals surface area contributed by atoms with Gasteiger partial charge in [-0.1, -0.05) is 12.1 Å². The molecule has 0 saturated carbocycles. The molecule has 1 fully saturated rings. The zero-order chi connectivity index (χ0) is 19.6. The fraction of sp³-hybridized carbons (Fsp3) is 0.632. The molecule has 146 valence electrons. The van der Waals surface area contributed by atoms with Gasteiger partial charge in [0.25, 0.3) is 10.2 Å².